The van der Waals surface area contributed by atoms with Crippen molar-refractivity contribution < 1.29 is 33.6 Å². The number of benzene rings is 1. The molecule has 0 saturated carbocycles. The average molecular weight is 401 g/mol. The molecule has 0 aliphatic carbocycles. The van der Waals surface area contributed by atoms with E-state index in [4.69, 9.17) is 35.0 Å². The van der Waals surface area contributed by atoms with E-state index in [2.05, 4.69) is 22.8 Å². The molecule has 0 bridgehead atoms. The van der Waals surface area contributed by atoms with Crippen LogP contribution in [0.5, 0.6) is 0 Å². The minimum atomic E-state index is -4.19. The first-order valence-electron chi connectivity index (χ1n) is 6.51. The van der Waals surface area contributed by atoms with E-state index in [0.717, 1.165) is 31.3 Å². The Balaban J connectivity index is 0.000000338. The van der Waals surface area contributed by atoms with E-state index >= 15 is 0 Å². The number of hydrogen-bond donors (Lipinski definition) is 3. The molecule has 1 saturated heterocycles. The third-order valence-electron chi connectivity index (χ3n) is 2.92. The van der Waals surface area contributed by atoms with Crippen LogP contribution in [0.1, 0.15) is 0 Å². The molecule has 3 rings (SSSR count). The van der Waals surface area contributed by atoms with Gasteiger partial charge < -0.3 is 4.74 Å². The van der Waals surface area contributed by atoms with Crippen molar-refractivity contribution in [2.24, 2.45) is 0 Å². The third kappa shape index (κ3) is 6.84. The van der Waals surface area contributed by atoms with Gasteiger partial charge in [0.15, 0.2) is 13.1 Å². The van der Waals surface area contributed by atoms with E-state index in [-0.39, 0.29) is 0 Å². The van der Waals surface area contributed by atoms with Crippen molar-refractivity contribution in [2.45, 2.75) is 0 Å². The third-order valence-corrected chi connectivity index (χ3v) is 5.64. The predicted octanol–water partition coefficient (Wildman–Crippen LogP) is 0.0724. The Hall–Kier alpha value is -0.550. The van der Waals surface area contributed by atoms with Gasteiger partial charge in [0.1, 0.15) is 13.2 Å². The monoisotopic (exact) mass is 400 g/mol. The van der Waals surface area contributed by atoms with Gasteiger partial charge in [-0.3, -0.25) is 0 Å². The van der Waals surface area contributed by atoms with Crippen molar-refractivity contribution >= 4 is 32.3 Å². The molecular formula is C13H16Cl2NO5S2+. The van der Waals surface area contributed by atoms with Crippen molar-refractivity contribution in [3.05, 3.63) is 40.0 Å². The van der Waals surface area contributed by atoms with Gasteiger partial charge in [0.05, 0.1) is 4.88 Å². The van der Waals surface area contributed by atoms with Gasteiger partial charge >= 0.3 is 28.9 Å². The molecule has 1 aliphatic rings. The summed E-state index contributed by atoms with van der Waals surface area (Å²) in [5, 5.41) is 0.785. The van der Waals surface area contributed by atoms with Gasteiger partial charge in [-0.05, 0) is 28.0 Å². The van der Waals surface area contributed by atoms with Crippen LogP contribution in [0.4, 0.5) is 0 Å². The van der Waals surface area contributed by atoms with Gasteiger partial charge in [-0.2, -0.15) is 0 Å². The predicted molar refractivity (Wildman–Crippen MR) is 85.1 cm³/mol. The second-order valence-electron chi connectivity index (χ2n) is 4.55. The van der Waals surface area contributed by atoms with E-state index in [1.54, 1.807) is 0 Å². The Morgan fingerprint density at radius 2 is 1.65 bits per heavy atom. The van der Waals surface area contributed by atoms with Crippen LogP contribution < -0.4 is 13.9 Å². The summed E-state index contributed by atoms with van der Waals surface area (Å²) in [7, 11) is -0.542. The molecule has 10 heteroatoms. The molecule has 6 nitrogen and oxygen atoms in total. The molecule has 1 aromatic heterocycles. The zero-order chi connectivity index (χ0) is 16.9. The molecular weight excluding hydrogens is 385 g/mol. The van der Waals surface area contributed by atoms with Gasteiger partial charge in [0.2, 0.25) is 0 Å². The quantitative estimate of drug-likeness (QED) is 0.465. The summed E-state index contributed by atoms with van der Waals surface area (Å²) in [6, 6.07) is 10.3. The average Bonchev–Trinajstić information content (AvgIpc) is 2.97. The molecule has 0 atom stereocenters. The van der Waals surface area contributed by atoms with E-state index in [9.17, 15) is 0 Å². The zero-order valence-corrected chi connectivity index (χ0v) is 15.0. The van der Waals surface area contributed by atoms with Crippen molar-refractivity contribution in [2.75, 3.05) is 26.3 Å². The molecule has 3 N–H and O–H groups in total. The van der Waals surface area contributed by atoms with Gasteiger partial charge in [0, 0.05) is 11.1 Å². The van der Waals surface area contributed by atoms with Crippen LogP contribution in [0.3, 0.4) is 0 Å². The van der Waals surface area contributed by atoms with E-state index in [1.807, 2.05) is 32.8 Å². The molecule has 0 spiro atoms. The zero-order valence-electron chi connectivity index (χ0n) is 11.9. The molecule has 1 fully saturated rings. The number of nitrogens with zero attached hydrogens (tertiary/aromatic N) is 1. The number of morpholine rings is 1. The summed E-state index contributed by atoms with van der Waals surface area (Å²) >= 11 is 5.91. The maximum atomic E-state index is 8.83. The summed E-state index contributed by atoms with van der Waals surface area (Å²) in [6.07, 6.45) is 0. The molecule has 1 aliphatic heterocycles. The topological polar surface area (TPSA) is 96.0 Å². The van der Waals surface area contributed by atoms with Crippen LogP contribution >= 0.6 is 32.3 Å². The number of rotatable bonds is 1. The van der Waals surface area contributed by atoms with Crippen LogP contribution in [0.25, 0.3) is 10.4 Å². The van der Waals surface area contributed by atoms with Crippen LogP contribution in [-0.2, 0) is 4.74 Å². The number of halogens is 2. The second-order valence-corrected chi connectivity index (χ2v) is 8.05. The summed E-state index contributed by atoms with van der Waals surface area (Å²) in [4.78, 5) is 1.30. The fourth-order valence-electron chi connectivity index (χ4n) is 1.92. The summed E-state index contributed by atoms with van der Waals surface area (Å²) < 4.78 is 39.3. The number of hydrogen-bond acceptors (Lipinski definition) is 7. The van der Waals surface area contributed by atoms with Crippen molar-refractivity contribution in [3.63, 3.8) is 0 Å². The SMILES string of the molecule is Clc1ccc(-c2cc(=[N+]3CCOCC3)ss2)cc1.[O-][Cl+](O)(O)O. The Bertz CT molecular complexity index is 679. The molecule has 1 aromatic carbocycles. The first kappa shape index (κ1) is 18.8. The molecule has 128 valence electrons. The summed E-state index contributed by atoms with van der Waals surface area (Å²) in [5.41, 5.74) is 1.24. The molecule has 0 radical (unpaired) electrons. The molecule has 23 heavy (non-hydrogen) atoms. The van der Waals surface area contributed by atoms with Gasteiger partial charge in [-0.15, -0.1) is 0 Å². The van der Waals surface area contributed by atoms with Crippen LogP contribution in [0, 0.1) is 10.2 Å². The van der Waals surface area contributed by atoms with E-state index in [0.29, 0.717) is 0 Å². The van der Waals surface area contributed by atoms with E-state index < -0.39 is 10.2 Å². The Kier molecular flexibility index (Phi) is 6.96. The Morgan fingerprint density at radius 1 is 1.09 bits per heavy atom. The second kappa shape index (κ2) is 8.52. The Morgan fingerprint density at radius 3 is 2.22 bits per heavy atom. The fourth-order valence-corrected chi connectivity index (χ4v) is 4.56. The van der Waals surface area contributed by atoms with Gasteiger partial charge in [0.25, 0.3) is 4.67 Å². The maximum absolute atomic E-state index is 8.83. The minimum absolute atomic E-state index is 0.785. The van der Waals surface area contributed by atoms with Crippen LogP contribution in [0.15, 0.2) is 30.3 Å². The molecule has 0 unspecified atom stereocenters. The fraction of sp³-hybridized carbons (Fsp3) is 0.308. The van der Waals surface area contributed by atoms with Crippen LogP contribution in [-0.4, -0.2) is 40.3 Å². The standard InChI is InChI=1S/C13H13ClNOS2.ClH3O4/c14-11-3-1-10(2-4-11)12-9-13(18-17-12)15-5-7-16-8-6-15;2-1(3,4)5/h1-4,9H,5-8H2;2-4H/q+1;. The molecule has 2 heterocycles. The summed E-state index contributed by atoms with van der Waals surface area (Å²) in [5.74, 6) is 0. The molecule has 0 amide bonds. The van der Waals surface area contributed by atoms with Crippen LogP contribution in [0.2, 0.25) is 5.02 Å². The Labute approximate surface area is 147 Å². The van der Waals surface area contributed by atoms with Crippen molar-refractivity contribution in [1.82, 2.24) is 4.58 Å². The van der Waals surface area contributed by atoms with Crippen molar-refractivity contribution in [3.8, 4) is 10.4 Å². The molecule has 2 aromatic rings. The number of ether oxygens (including phenoxy) is 1. The van der Waals surface area contributed by atoms with E-state index in [1.165, 1.54) is 15.1 Å². The normalized spacial score (nSPS) is 15.8. The summed E-state index contributed by atoms with van der Waals surface area (Å²) in [6.45, 7) is 3.65. The first-order valence-corrected chi connectivity index (χ1v) is 10.4. The first-order chi connectivity index (χ1) is 10.8. The van der Waals surface area contributed by atoms with Gasteiger partial charge in [-0.25, -0.2) is 4.58 Å². The van der Waals surface area contributed by atoms with Crippen molar-refractivity contribution in [1.29, 1.82) is 0 Å². The van der Waals surface area contributed by atoms with Gasteiger partial charge in [-0.1, -0.05) is 34.1 Å².